The number of amides is 2. The Morgan fingerprint density at radius 1 is 1.09 bits per heavy atom. The number of likely N-dealkylation sites (N-methyl/N-ethyl adjacent to an activating group) is 1. The van der Waals surface area contributed by atoms with Gasteiger partial charge in [-0.05, 0) is 57.3 Å². The fraction of sp³-hybridized carbons (Fsp3) is 0.440. The second-order valence-corrected chi connectivity index (χ2v) is 8.61. The Kier molecular flexibility index (Phi) is 8.19. The summed E-state index contributed by atoms with van der Waals surface area (Å²) in [7, 11) is 5.49. The summed E-state index contributed by atoms with van der Waals surface area (Å²) in [5.74, 6) is 0.141. The number of carbonyl (C=O) groups is 2. The van der Waals surface area contributed by atoms with Crippen molar-refractivity contribution in [3.63, 3.8) is 0 Å². The largest absolute Gasteiger partial charge is 0.496 e. The minimum Gasteiger partial charge on any atom is -0.496 e. The number of likely N-dealkylation sites (tertiary alicyclic amines) is 1. The van der Waals surface area contributed by atoms with Gasteiger partial charge in [-0.3, -0.25) is 9.59 Å². The highest BCUT2D eigenvalue weighted by atomic mass is 19.4. The van der Waals surface area contributed by atoms with Gasteiger partial charge in [-0.25, -0.2) is 0 Å². The van der Waals surface area contributed by atoms with Crippen molar-refractivity contribution in [2.24, 2.45) is 5.92 Å². The molecule has 0 bridgehead atoms. The Morgan fingerprint density at radius 3 is 2.26 bits per heavy atom. The van der Waals surface area contributed by atoms with Gasteiger partial charge in [0.2, 0.25) is 5.91 Å². The van der Waals surface area contributed by atoms with Crippen molar-refractivity contribution in [2.45, 2.75) is 25.1 Å². The summed E-state index contributed by atoms with van der Waals surface area (Å²) in [4.78, 5) is 29.1. The first-order valence-corrected chi connectivity index (χ1v) is 11.2. The van der Waals surface area contributed by atoms with Crippen LogP contribution in [0.4, 0.5) is 13.2 Å². The Bertz CT molecular complexity index is 985. The number of nitrogens with one attached hydrogen (secondary N) is 1. The van der Waals surface area contributed by atoms with Crippen molar-refractivity contribution in [3.05, 3.63) is 65.2 Å². The lowest BCUT2D eigenvalue weighted by Gasteiger charge is -2.32. The first kappa shape index (κ1) is 25.6. The van der Waals surface area contributed by atoms with Crippen LogP contribution in [0.15, 0.2) is 48.5 Å². The van der Waals surface area contributed by atoms with Crippen molar-refractivity contribution < 1.29 is 27.5 Å². The van der Waals surface area contributed by atoms with E-state index in [1.54, 1.807) is 12.0 Å². The maximum Gasteiger partial charge on any atom is 0.416 e. The number of carbonyl (C=O) groups excluding carboxylic acids is 2. The number of para-hydroxylation sites is 1. The lowest BCUT2D eigenvalue weighted by Crippen LogP contribution is -2.44. The molecule has 2 aromatic carbocycles. The van der Waals surface area contributed by atoms with E-state index in [0.29, 0.717) is 32.5 Å². The third-order valence-corrected chi connectivity index (χ3v) is 6.20. The summed E-state index contributed by atoms with van der Waals surface area (Å²) in [6, 6.07) is 11.8. The van der Waals surface area contributed by atoms with Crippen molar-refractivity contribution in [3.8, 4) is 5.75 Å². The van der Waals surface area contributed by atoms with Crippen LogP contribution >= 0.6 is 0 Å². The molecule has 3 rings (SSSR count). The molecule has 0 saturated carbocycles. The Hall–Kier alpha value is -3.07. The second kappa shape index (κ2) is 10.9. The van der Waals surface area contributed by atoms with Crippen LogP contribution in [0.2, 0.25) is 0 Å². The van der Waals surface area contributed by atoms with Gasteiger partial charge < -0.3 is 19.9 Å². The molecule has 34 heavy (non-hydrogen) atoms. The van der Waals surface area contributed by atoms with Crippen LogP contribution in [-0.4, -0.2) is 62.5 Å². The molecule has 1 saturated heterocycles. The van der Waals surface area contributed by atoms with Gasteiger partial charge in [-0.1, -0.05) is 18.2 Å². The highest BCUT2D eigenvalue weighted by Crippen LogP contribution is 2.30. The van der Waals surface area contributed by atoms with Crippen molar-refractivity contribution in [2.75, 3.05) is 40.8 Å². The van der Waals surface area contributed by atoms with E-state index in [9.17, 15) is 22.8 Å². The van der Waals surface area contributed by atoms with E-state index in [1.807, 2.05) is 43.3 Å². The molecule has 1 aliphatic heterocycles. The third-order valence-electron chi connectivity index (χ3n) is 6.20. The number of methoxy groups -OCH3 is 1. The molecule has 9 heteroatoms. The third kappa shape index (κ3) is 6.08. The number of benzene rings is 2. The number of alkyl halides is 3. The molecule has 1 heterocycles. The zero-order valence-corrected chi connectivity index (χ0v) is 19.6. The van der Waals surface area contributed by atoms with Crippen LogP contribution in [0, 0.1) is 5.92 Å². The van der Waals surface area contributed by atoms with E-state index >= 15 is 0 Å². The van der Waals surface area contributed by atoms with Crippen molar-refractivity contribution >= 4 is 11.8 Å². The minimum absolute atomic E-state index is 0.0663. The van der Waals surface area contributed by atoms with Gasteiger partial charge in [-0.2, -0.15) is 13.2 Å². The molecule has 6 nitrogen and oxygen atoms in total. The standard InChI is InChI=1S/C25H30F3N3O3/c1-30(2)21(20-6-4-5-7-22(20)34-3)16-29-23(32)17-12-14-31(15-13-17)24(33)18-8-10-19(11-9-18)25(26,27)28/h4-11,17,21H,12-16H2,1-3H3,(H,29,32). The van der Waals surface area contributed by atoms with Gasteiger partial charge in [0.25, 0.3) is 5.91 Å². The maximum absolute atomic E-state index is 12.8. The van der Waals surface area contributed by atoms with E-state index in [1.165, 1.54) is 12.1 Å². The highest BCUT2D eigenvalue weighted by Gasteiger charge is 2.32. The average molecular weight is 478 g/mol. The molecule has 0 aromatic heterocycles. The van der Waals surface area contributed by atoms with Gasteiger partial charge in [-0.15, -0.1) is 0 Å². The van der Waals surface area contributed by atoms with Gasteiger partial charge in [0, 0.05) is 36.7 Å². The molecule has 184 valence electrons. The smallest absolute Gasteiger partial charge is 0.416 e. The summed E-state index contributed by atoms with van der Waals surface area (Å²) in [5.41, 5.74) is 0.400. The zero-order valence-electron chi connectivity index (χ0n) is 19.6. The number of rotatable bonds is 7. The number of piperidine rings is 1. The predicted molar refractivity (Wildman–Crippen MR) is 123 cm³/mol. The van der Waals surface area contributed by atoms with Gasteiger partial charge in [0.15, 0.2) is 0 Å². The second-order valence-electron chi connectivity index (χ2n) is 8.61. The van der Waals surface area contributed by atoms with Crippen molar-refractivity contribution in [1.82, 2.24) is 15.1 Å². The van der Waals surface area contributed by atoms with E-state index in [4.69, 9.17) is 4.74 Å². The van der Waals surface area contributed by atoms with Gasteiger partial charge in [0.05, 0.1) is 18.7 Å². The van der Waals surface area contributed by atoms with Crippen LogP contribution in [0.3, 0.4) is 0 Å². The highest BCUT2D eigenvalue weighted by molar-refractivity contribution is 5.94. The number of halogens is 3. The molecule has 1 atom stereocenters. The lowest BCUT2D eigenvalue weighted by atomic mass is 9.95. The first-order chi connectivity index (χ1) is 16.1. The molecule has 1 N–H and O–H groups in total. The maximum atomic E-state index is 12.8. The lowest BCUT2D eigenvalue weighted by molar-refractivity contribution is -0.137. The molecule has 0 aliphatic carbocycles. The average Bonchev–Trinajstić information content (AvgIpc) is 2.83. The molecule has 0 spiro atoms. The van der Waals surface area contributed by atoms with Crippen LogP contribution in [0.25, 0.3) is 0 Å². The summed E-state index contributed by atoms with van der Waals surface area (Å²) < 4.78 is 43.7. The number of nitrogens with zero attached hydrogens (tertiary/aromatic N) is 2. The van der Waals surface area contributed by atoms with E-state index in [2.05, 4.69) is 5.32 Å². The number of hydrogen-bond acceptors (Lipinski definition) is 4. The molecule has 1 unspecified atom stereocenters. The SMILES string of the molecule is COc1ccccc1C(CNC(=O)C1CCN(C(=O)c2ccc(C(F)(F)F)cc2)CC1)N(C)C. The summed E-state index contributed by atoms with van der Waals surface area (Å²) >= 11 is 0. The van der Waals surface area contributed by atoms with E-state index in [0.717, 1.165) is 23.4 Å². The molecule has 2 amide bonds. The van der Waals surface area contributed by atoms with E-state index in [-0.39, 0.29) is 29.3 Å². The molecule has 1 aliphatic rings. The van der Waals surface area contributed by atoms with Crippen LogP contribution in [0.5, 0.6) is 5.75 Å². The van der Waals surface area contributed by atoms with Gasteiger partial charge >= 0.3 is 6.18 Å². The Balaban J connectivity index is 1.54. The fourth-order valence-corrected chi connectivity index (χ4v) is 4.18. The van der Waals surface area contributed by atoms with Gasteiger partial charge in [0.1, 0.15) is 5.75 Å². The Labute approximate surface area is 197 Å². The van der Waals surface area contributed by atoms with Crippen LogP contribution in [0.1, 0.15) is 40.4 Å². The summed E-state index contributed by atoms with van der Waals surface area (Å²) in [5, 5.41) is 3.03. The monoisotopic (exact) mass is 477 g/mol. The van der Waals surface area contributed by atoms with Crippen LogP contribution < -0.4 is 10.1 Å². The Morgan fingerprint density at radius 2 is 1.71 bits per heavy atom. The zero-order chi connectivity index (χ0) is 24.9. The molecular formula is C25H30F3N3O3. The summed E-state index contributed by atoms with van der Waals surface area (Å²) in [6.07, 6.45) is -3.44. The number of hydrogen-bond donors (Lipinski definition) is 1. The molecule has 2 aromatic rings. The normalized spacial score (nSPS) is 15.8. The minimum atomic E-state index is -4.44. The molecule has 1 fully saturated rings. The molecular weight excluding hydrogens is 447 g/mol. The van der Waals surface area contributed by atoms with Crippen molar-refractivity contribution in [1.29, 1.82) is 0 Å². The predicted octanol–water partition coefficient (Wildman–Crippen LogP) is 3.99. The topological polar surface area (TPSA) is 61.9 Å². The van der Waals surface area contributed by atoms with E-state index < -0.39 is 11.7 Å². The fourth-order valence-electron chi connectivity index (χ4n) is 4.18. The quantitative estimate of drug-likeness (QED) is 0.655. The van der Waals surface area contributed by atoms with Crippen LogP contribution in [-0.2, 0) is 11.0 Å². The molecule has 0 radical (unpaired) electrons. The first-order valence-electron chi connectivity index (χ1n) is 11.2. The number of ether oxygens (including phenoxy) is 1. The summed E-state index contributed by atoms with van der Waals surface area (Å²) in [6.45, 7) is 1.17.